The molecule has 2 rings (SSSR count). The highest BCUT2D eigenvalue weighted by Gasteiger charge is 2.21. The van der Waals surface area contributed by atoms with Crippen molar-refractivity contribution in [2.24, 2.45) is 0 Å². The lowest BCUT2D eigenvalue weighted by molar-refractivity contribution is -0.131. The van der Waals surface area contributed by atoms with E-state index < -0.39 is 0 Å². The molecule has 1 unspecified atom stereocenters. The summed E-state index contributed by atoms with van der Waals surface area (Å²) in [6.45, 7) is 2.01. The molecule has 0 radical (unpaired) electrons. The summed E-state index contributed by atoms with van der Waals surface area (Å²) < 4.78 is 0. The Morgan fingerprint density at radius 2 is 2.18 bits per heavy atom. The van der Waals surface area contributed by atoms with Crippen LogP contribution < -0.4 is 5.32 Å². The highest BCUT2D eigenvalue weighted by molar-refractivity contribution is 5.78. The average Bonchev–Trinajstić information content (AvgIpc) is 2.40. The Balaban J connectivity index is 1.90. The van der Waals surface area contributed by atoms with Crippen LogP contribution in [0.25, 0.3) is 0 Å². The summed E-state index contributed by atoms with van der Waals surface area (Å²) in [5, 5.41) is 3.34. The third-order valence-corrected chi connectivity index (χ3v) is 3.41. The summed E-state index contributed by atoms with van der Waals surface area (Å²) in [5.74, 6) is 0.213. The van der Waals surface area contributed by atoms with Crippen molar-refractivity contribution in [3.8, 4) is 0 Å². The van der Waals surface area contributed by atoms with Gasteiger partial charge in [0.2, 0.25) is 5.91 Å². The van der Waals surface area contributed by atoms with E-state index in [2.05, 4.69) is 5.32 Å². The van der Waals surface area contributed by atoms with Crippen LogP contribution in [0.4, 0.5) is 0 Å². The molecule has 3 nitrogen and oxygen atoms in total. The predicted molar refractivity (Wildman–Crippen MR) is 68.8 cm³/mol. The van der Waals surface area contributed by atoms with E-state index in [0.29, 0.717) is 12.5 Å². The number of carbonyl (C=O) groups excluding carboxylic acids is 1. The van der Waals surface area contributed by atoms with Gasteiger partial charge in [-0.2, -0.15) is 0 Å². The predicted octanol–water partition coefficient (Wildman–Crippen LogP) is 1.44. The minimum Gasteiger partial charge on any atom is -0.341 e. The van der Waals surface area contributed by atoms with Crippen molar-refractivity contribution in [3.05, 3.63) is 35.9 Å². The fraction of sp³-hybridized carbons (Fsp3) is 0.500. The van der Waals surface area contributed by atoms with Gasteiger partial charge in [-0.3, -0.25) is 4.79 Å². The number of carbonyl (C=O) groups is 1. The minimum absolute atomic E-state index is 0.213. The standard InChI is InChI=1S/C14H20N2O/c1-16(13-8-5-9-15-11-13)14(17)10-12-6-3-2-4-7-12/h2-4,6-7,13,15H,5,8-11H2,1H3. The molecule has 0 bridgehead atoms. The van der Waals surface area contributed by atoms with Crippen LogP contribution in [0.15, 0.2) is 30.3 Å². The number of hydrogen-bond donors (Lipinski definition) is 1. The monoisotopic (exact) mass is 232 g/mol. The topological polar surface area (TPSA) is 32.3 Å². The lowest BCUT2D eigenvalue weighted by Crippen LogP contribution is -2.47. The molecule has 0 aliphatic carbocycles. The van der Waals surface area contributed by atoms with E-state index in [9.17, 15) is 4.79 Å². The van der Waals surface area contributed by atoms with Gasteiger partial charge in [0.25, 0.3) is 0 Å². The smallest absolute Gasteiger partial charge is 0.227 e. The van der Waals surface area contributed by atoms with Crippen LogP contribution in [0.3, 0.4) is 0 Å². The van der Waals surface area contributed by atoms with E-state index in [1.165, 1.54) is 0 Å². The third kappa shape index (κ3) is 3.30. The van der Waals surface area contributed by atoms with Crippen LogP contribution in [0.2, 0.25) is 0 Å². The minimum atomic E-state index is 0.213. The largest absolute Gasteiger partial charge is 0.341 e. The third-order valence-electron chi connectivity index (χ3n) is 3.41. The van der Waals surface area contributed by atoms with E-state index in [4.69, 9.17) is 0 Å². The summed E-state index contributed by atoms with van der Waals surface area (Å²) in [6, 6.07) is 10.3. The molecule has 1 saturated heterocycles. The summed E-state index contributed by atoms with van der Waals surface area (Å²) >= 11 is 0. The molecule has 0 saturated carbocycles. The molecule has 92 valence electrons. The molecule has 1 aliphatic rings. The molecule has 17 heavy (non-hydrogen) atoms. The second kappa shape index (κ2) is 5.82. The zero-order chi connectivity index (χ0) is 12.1. The van der Waals surface area contributed by atoms with Gasteiger partial charge in [0, 0.05) is 19.6 Å². The fourth-order valence-corrected chi connectivity index (χ4v) is 2.26. The quantitative estimate of drug-likeness (QED) is 0.855. The maximum atomic E-state index is 12.1. The molecule has 1 aromatic rings. The second-order valence-electron chi connectivity index (χ2n) is 4.67. The van der Waals surface area contributed by atoms with E-state index in [1.54, 1.807) is 0 Å². The van der Waals surface area contributed by atoms with Gasteiger partial charge in [-0.25, -0.2) is 0 Å². The van der Waals surface area contributed by atoms with Gasteiger partial charge in [0.15, 0.2) is 0 Å². The Morgan fingerprint density at radius 1 is 1.41 bits per heavy atom. The lowest BCUT2D eigenvalue weighted by Gasteiger charge is -2.31. The molecule has 3 heteroatoms. The van der Waals surface area contributed by atoms with Crippen molar-refractivity contribution in [2.45, 2.75) is 25.3 Å². The maximum absolute atomic E-state index is 12.1. The highest BCUT2D eigenvalue weighted by Crippen LogP contribution is 2.10. The number of likely N-dealkylation sites (N-methyl/N-ethyl adjacent to an activating group) is 1. The molecular formula is C14H20N2O. The van der Waals surface area contributed by atoms with Crippen LogP contribution >= 0.6 is 0 Å². The fourth-order valence-electron chi connectivity index (χ4n) is 2.26. The van der Waals surface area contributed by atoms with E-state index >= 15 is 0 Å². The first-order valence-electron chi connectivity index (χ1n) is 6.27. The molecule has 1 amide bonds. The normalized spacial score (nSPS) is 19.9. The first-order chi connectivity index (χ1) is 8.27. The molecule has 1 aromatic carbocycles. The Bertz CT molecular complexity index is 358. The second-order valence-corrected chi connectivity index (χ2v) is 4.67. The van der Waals surface area contributed by atoms with Crippen molar-refractivity contribution < 1.29 is 4.79 Å². The Morgan fingerprint density at radius 3 is 2.82 bits per heavy atom. The molecule has 1 atom stereocenters. The molecule has 1 N–H and O–H groups in total. The molecular weight excluding hydrogens is 212 g/mol. The Labute approximate surface area is 103 Å². The van der Waals surface area contributed by atoms with Crippen LogP contribution in [-0.2, 0) is 11.2 Å². The van der Waals surface area contributed by atoms with Gasteiger partial charge in [0.1, 0.15) is 0 Å². The molecule has 0 spiro atoms. The van der Waals surface area contributed by atoms with Crippen molar-refractivity contribution >= 4 is 5.91 Å². The van der Waals surface area contributed by atoms with Crippen molar-refractivity contribution in [1.29, 1.82) is 0 Å². The summed E-state index contributed by atoms with van der Waals surface area (Å²) in [6.07, 6.45) is 2.78. The number of benzene rings is 1. The summed E-state index contributed by atoms with van der Waals surface area (Å²) in [5.41, 5.74) is 1.09. The zero-order valence-electron chi connectivity index (χ0n) is 10.4. The number of nitrogens with one attached hydrogen (secondary N) is 1. The van der Waals surface area contributed by atoms with Gasteiger partial charge < -0.3 is 10.2 Å². The molecule has 1 heterocycles. The molecule has 0 aromatic heterocycles. The SMILES string of the molecule is CN(C(=O)Cc1ccccc1)C1CCCNC1. The van der Waals surface area contributed by atoms with Crippen molar-refractivity contribution in [1.82, 2.24) is 10.2 Å². The van der Waals surface area contributed by atoms with Gasteiger partial charge in [-0.1, -0.05) is 30.3 Å². The number of amides is 1. The number of rotatable bonds is 3. The van der Waals surface area contributed by atoms with Crippen LogP contribution in [0, 0.1) is 0 Å². The van der Waals surface area contributed by atoms with E-state index in [1.807, 2.05) is 42.3 Å². The van der Waals surface area contributed by atoms with Crippen molar-refractivity contribution in [3.63, 3.8) is 0 Å². The lowest BCUT2D eigenvalue weighted by atomic mass is 10.1. The van der Waals surface area contributed by atoms with Crippen LogP contribution in [0.1, 0.15) is 18.4 Å². The Hall–Kier alpha value is -1.35. The summed E-state index contributed by atoms with van der Waals surface area (Å²) in [4.78, 5) is 14.0. The van der Waals surface area contributed by atoms with Gasteiger partial charge in [-0.15, -0.1) is 0 Å². The van der Waals surface area contributed by atoms with Gasteiger partial charge in [0.05, 0.1) is 6.42 Å². The molecule has 1 fully saturated rings. The maximum Gasteiger partial charge on any atom is 0.227 e. The zero-order valence-corrected chi connectivity index (χ0v) is 10.4. The number of piperidine rings is 1. The van der Waals surface area contributed by atoms with Crippen molar-refractivity contribution in [2.75, 3.05) is 20.1 Å². The summed E-state index contributed by atoms with van der Waals surface area (Å²) in [7, 11) is 1.92. The first-order valence-corrected chi connectivity index (χ1v) is 6.27. The first kappa shape index (κ1) is 12.1. The van der Waals surface area contributed by atoms with E-state index in [-0.39, 0.29) is 5.91 Å². The Kier molecular flexibility index (Phi) is 4.15. The number of nitrogens with zero attached hydrogens (tertiary/aromatic N) is 1. The highest BCUT2D eigenvalue weighted by atomic mass is 16.2. The number of hydrogen-bond acceptors (Lipinski definition) is 2. The van der Waals surface area contributed by atoms with Gasteiger partial charge in [-0.05, 0) is 24.9 Å². The molecule has 1 aliphatic heterocycles. The average molecular weight is 232 g/mol. The van der Waals surface area contributed by atoms with Gasteiger partial charge >= 0.3 is 0 Å². The van der Waals surface area contributed by atoms with Crippen LogP contribution in [0.5, 0.6) is 0 Å². The van der Waals surface area contributed by atoms with Crippen LogP contribution in [-0.4, -0.2) is 37.0 Å². The van der Waals surface area contributed by atoms with E-state index in [0.717, 1.165) is 31.5 Å².